The SMILES string of the molecule is CCOC(=O)C1=C(CN2CC=C(c3ccccc3)CC2)NC(=O)N[C@H]1c1ccccc1OCC. The van der Waals surface area contributed by atoms with Crippen molar-refractivity contribution < 1.29 is 19.1 Å². The van der Waals surface area contributed by atoms with Crippen LogP contribution in [0.2, 0.25) is 0 Å². The van der Waals surface area contributed by atoms with Gasteiger partial charge in [-0.2, -0.15) is 0 Å². The molecular formula is C27H31N3O4. The molecule has 2 heterocycles. The van der Waals surface area contributed by atoms with Crippen LogP contribution in [-0.4, -0.2) is 49.7 Å². The molecule has 0 saturated heterocycles. The number of hydrogen-bond acceptors (Lipinski definition) is 5. The summed E-state index contributed by atoms with van der Waals surface area (Å²) in [5.74, 6) is 0.186. The largest absolute Gasteiger partial charge is 0.494 e. The van der Waals surface area contributed by atoms with Crippen molar-refractivity contribution in [3.8, 4) is 5.75 Å². The first-order valence-corrected chi connectivity index (χ1v) is 11.8. The second-order valence-corrected chi connectivity index (χ2v) is 8.20. The first kappa shape index (κ1) is 23.6. The molecule has 0 bridgehead atoms. The summed E-state index contributed by atoms with van der Waals surface area (Å²) in [6.45, 7) is 6.39. The molecule has 0 aromatic heterocycles. The van der Waals surface area contributed by atoms with Gasteiger partial charge in [-0.1, -0.05) is 54.6 Å². The lowest BCUT2D eigenvalue weighted by molar-refractivity contribution is -0.139. The van der Waals surface area contributed by atoms with Crippen LogP contribution in [0.25, 0.3) is 5.57 Å². The summed E-state index contributed by atoms with van der Waals surface area (Å²) in [5, 5.41) is 5.77. The Kier molecular flexibility index (Phi) is 7.65. The molecular weight excluding hydrogens is 430 g/mol. The molecule has 2 aromatic rings. The maximum atomic E-state index is 13.1. The van der Waals surface area contributed by atoms with E-state index < -0.39 is 12.0 Å². The molecule has 34 heavy (non-hydrogen) atoms. The summed E-state index contributed by atoms with van der Waals surface area (Å²) in [4.78, 5) is 28.0. The number of hydrogen-bond donors (Lipinski definition) is 2. The second-order valence-electron chi connectivity index (χ2n) is 8.20. The average Bonchev–Trinajstić information content (AvgIpc) is 2.85. The minimum absolute atomic E-state index is 0.246. The van der Waals surface area contributed by atoms with E-state index in [1.165, 1.54) is 11.1 Å². The van der Waals surface area contributed by atoms with Gasteiger partial charge >= 0.3 is 12.0 Å². The van der Waals surface area contributed by atoms with Crippen LogP contribution in [0.15, 0.2) is 71.9 Å². The van der Waals surface area contributed by atoms with Crippen LogP contribution >= 0.6 is 0 Å². The lowest BCUT2D eigenvalue weighted by atomic mass is 9.93. The first-order chi connectivity index (χ1) is 16.6. The summed E-state index contributed by atoms with van der Waals surface area (Å²) in [6.07, 6.45) is 3.11. The van der Waals surface area contributed by atoms with Gasteiger partial charge in [-0.15, -0.1) is 0 Å². The second kappa shape index (κ2) is 11.0. The van der Waals surface area contributed by atoms with Crippen LogP contribution in [0, 0.1) is 0 Å². The number of esters is 1. The molecule has 0 radical (unpaired) electrons. The van der Waals surface area contributed by atoms with E-state index >= 15 is 0 Å². The highest BCUT2D eigenvalue weighted by molar-refractivity contribution is 5.95. The smallest absolute Gasteiger partial charge is 0.338 e. The fraction of sp³-hybridized carbons (Fsp3) is 0.333. The van der Waals surface area contributed by atoms with E-state index in [2.05, 4.69) is 33.7 Å². The van der Waals surface area contributed by atoms with Crippen LogP contribution in [-0.2, 0) is 9.53 Å². The van der Waals surface area contributed by atoms with Gasteiger partial charge in [0.2, 0.25) is 0 Å². The Bertz CT molecular complexity index is 1090. The highest BCUT2D eigenvalue weighted by Gasteiger charge is 2.35. The molecule has 2 aliphatic rings. The van der Waals surface area contributed by atoms with Crippen LogP contribution in [0.3, 0.4) is 0 Å². The number of amides is 2. The van der Waals surface area contributed by atoms with Gasteiger partial charge in [-0.05, 0) is 37.5 Å². The predicted molar refractivity (Wildman–Crippen MR) is 131 cm³/mol. The summed E-state index contributed by atoms with van der Waals surface area (Å²) < 4.78 is 11.2. The van der Waals surface area contributed by atoms with Gasteiger partial charge in [0.15, 0.2) is 0 Å². The van der Waals surface area contributed by atoms with E-state index in [9.17, 15) is 9.59 Å². The van der Waals surface area contributed by atoms with Crippen LogP contribution < -0.4 is 15.4 Å². The Morgan fingerprint density at radius 1 is 1.06 bits per heavy atom. The van der Waals surface area contributed by atoms with E-state index in [1.807, 2.05) is 49.4 Å². The summed E-state index contributed by atoms with van der Waals surface area (Å²) in [6, 6.07) is 16.8. The molecule has 0 saturated carbocycles. The van der Waals surface area contributed by atoms with Crippen molar-refractivity contribution in [1.82, 2.24) is 15.5 Å². The number of ether oxygens (including phenoxy) is 2. The van der Waals surface area contributed by atoms with E-state index in [4.69, 9.17) is 9.47 Å². The summed E-state index contributed by atoms with van der Waals surface area (Å²) in [5.41, 5.74) is 4.25. The third kappa shape index (κ3) is 5.31. The molecule has 7 heteroatoms. The number of carbonyl (C=O) groups excluding carboxylic acids is 2. The van der Waals surface area contributed by atoms with Gasteiger partial charge in [0.25, 0.3) is 0 Å². The Hall–Kier alpha value is -3.58. The maximum Gasteiger partial charge on any atom is 0.338 e. The van der Waals surface area contributed by atoms with E-state index in [0.29, 0.717) is 30.2 Å². The Balaban J connectivity index is 1.64. The van der Waals surface area contributed by atoms with Crippen molar-refractivity contribution in [2.75, 3.05) is 32.8 Å². The summed E-state index contributed by atoms with van der Waals surface area (Å²) in [7, 11) is 0. The fourth-order valence-corrected chi connectivity index (χ4v) is 4.42. The zero-order chi connectivity index (χ0) is 23.9. The molecule has 2 N–H and O–H groups in total. The highest BCUT2D eigenvalue weighted by Crippen LogP contribution is 2.34. The molecule has 7 nitrogen and oxygen atoms in total. The van der Waals surface area contributed by atoms with Gasteiger partial charge in [0.1, 0.15) is 5.75 Å². The quantitative estimate of drug-likeness (QED) is 0.580. The van der Waals surface area contributed by atoms with Crippen molar-refractivity contribution in [2.45, 2.75) is 26.3 Å². The van der Waals surface area contributed by atoms with E-state index in [-0.39, 0.29) is 12.6 Å². The molecule has 2 aromatic carbocycles. The molecule has 0 unspecified atom stereocenters. The Morgan fingerprint density at radius 3 is 2.53 bits per heavy atom. The molecule has 0 aliphatic carbocycles. The number of rotatable bonds is 8. The first-order valence-electron chi connectivity index (χ1n) is 11.8. The van der Waals surface area contributed by atoms with Crippen molar-refractivity contribution in [2.24, 2.45) is 0 Å². The zero-order valence-electron chi connectivity index (χ0n) is 19.7. The van der Waals surface area contributed by atoms with Crippen LogP contribution in [0.5, 0.6) is 5.75 Å². The third-order valence-corrected chi connectivity index (χ3v) is 6.00. The molecule has 0 spiro atoms. The van der Waals surface area contributed by atoms with Crippen molar-refractivity contribution >= 4 is 17.6 Å². The number of nitrogens with one attached hydrogen (secondary N) is 2. The topological polar surface area (TPSA) is 79.9 Å². The van der Waals surface area contributed by atoms with Crippen molar-refractivity contribution in [3.63, 3.8) is 0 Å². The Morgan fingerprint density at radius 2 is 1.82 bits per heavy atom. The molecule has 1 atom stereocenters. The standard InChI is InChI=1S/C27H31N3O4/c1-3-33-23-13-9-8-12-21(23)25-24(26(31)34-4-2)22(28-27(32)29-25)18-30-16-14-20(15-17-30)19-10-6-5-7-11-19/h5-14,25H,3-4,15-18H2,1-2H3,(H2,28,29,32)/t25-/m0/s1. The van der Waals surface area contributed by atoms with Gasteiger partial charge in [0, 0.05) is 30.9 Å². The normalized spacial score (nSPS) is 18.6. The van der Waals surface area contributed by atoms with Gasteiger partial charge in [0.05, 0.1) is 24.8 Å². The van der Waals surface area contributed by atoms with Gasteiger partial charge < -0.3 is 20.1 Å². The molecule has 178 valence electrons. The van der Waals surface area contributed by atoms with Crippen molar-refractivity contribution in [3.05, 3.63) is 83.1 Å². The third-order valence-electron chi connectivity index (χ3n) is 6.00. The molecule has 2 amide bonds. The number of nitrogens with zero attached hydrogens (tertiary/aromatic N) is 1. The number of para-hydroxylation sites is 1. The number of carbonyl (C=O) groups is 2. The van der Waals surface area contributed by atoms with E-state index in [0.717, 1.165) is 25.1 Å². The average molecular weight is 462 g/mol. The van der Waals surface area contributed by atoms with Gasteiger partial charge in [-0.25, -0.2) is 9.59 Å². The number of benzene rings is 2. The fourth-order valence-electron chi connectivity index (χ4n) is 4.42. The minimum atomic E-state index is -0.661. The molecule has 0 fully saturated rings. The lowest BCUT2D eigenvalue weighted by Gasteiger charge is -2.33. The predicted octanol–water partition coefficient (Wildman–Crippen LogP) is 4.05. The lowest BCUT2D eigenvalue weighted by Crippen LogP contribution is -2.49. The van der Waals surface area contributed by atoms with Gasteiger partial charge in [-0.3, -0.25) is 4.90 Å². The Labute approximate surface area is 200 Å². The molecule has 4 rings (SSSR count). The highest BCUT2D eigenvalue weighted by atomic mass is 16.5. The number of urea groups is 1. The van der Waals surface area contributed by atoms with Crippen LogP contribution in [0.4, 0.5) is 4.79 Å². The monoisotopic (exact) mass is 461 g/mol. The van der Waals surface area contributed by atoms with E-state index in [1.54, 1.807) is 6.92 Å². The minimum Gasteiger partial charge on any atom is -0.494 e. The maximum absolute atomic E-state index is 13.1. The zero-order valence-corrected chi connectivity index (χ0v) is 19.7. The van der Waals surface area contributed by atoms with Crippen molar-refractivity contribution in [1.29, 1.82) is 0 Å². The summed E-state index contributed by atoms with van der Waals surface area (Å²) >= 11 is 0. The van der Waals surface area contributed by atoms with Crippen LogP contribution in [0.1, 0.15) is 37.4 Å². The molecule has 2 aliphatic heterocycles.